The van der Waals surface area contributed by atoms with Gasteiger partial charge >= 0.3 is 0 Å². The van der Waals surface area contributed by atoms with Crippen molar-refractivity contribution in [3.8, 4) is 5.75 Å². The molecule has 3 rings (SSSR count). The third-order valence-corrected chi connectivity index (χ3v) is 6.61. The first-order valence-corrected chi connectivity index (χ1v) is 10.7. The smallest absolute Gasteiger partial charge is 0.266 e. The van der Waals surface area contributed by atoms with E-state index in [1.54, 1.807) is 12.0 Å². The maximum Gasteiger partial charge on any atom is 0.266 e. The van der Waals surface area contributed by atoms with E-state index in [-0.39, 0.29) is 18.3 Å². The van der Waals surface area contributed by atoms with Crippen LogP contribution in [0.25, 0.3) is 6.08 Å². The van der Waals surface area contributed by atoms with Crippen LogP contribution >= 0.6 is 35.7 Å². The molecule has 2 aliphatic rings. The number of hydrogen-bond acceptors (Lipinski definition) is 6. The predicted molar refractivity (Wildman–Crippen MR) is 111 cm³/mol. The second-order valence-electron chi connectivity index (χ2n) is 5.89. The number of benzene rings is 1. The molecule has 0 aliphatic carbocycles. The van der Waals surface area contributed by atoms with Crippen LogP contribution in [-0.4, -0.2) is 58.3 Å². The molecule has 1 amide bonds. The fourth-order valence-electron chi connectivity index (χ4n) is 2.94. The Morgan fingerprint density at radius 1 is 1.31 bits per heavy atom. The molecule has 2 aliphatic heterocycles. The first kappa shape index (κ1) is 21.6. The van der Waals surface area contributed by atoms with Gasteiger partial charge < -0.3 is 17.1 Å². The molecule has 26 heavy (non-hydrogen) atoms. The van der Waals surface area contributed by atoms with Crippen LogP contribution in [0.5, 0.6) is 5.75 Å². The monoisotopic (exact) mass is 429 g/mol. The Kier molecular flexibility index (Phi) is 8.29. The van der Waals surface area contributed by atoms with E-state index in [1.807, 2.05) is 36.9 Å². The van der Waals surface area contributed by atoms with E-state index in [2.05, 4.69) is 11.0 Å². The average Bonchev–Trinajstić information content (AvgIpc) is 2.89. The van der Waals surface area contributed by atoms with E-state index >= 15 is 0 Å². The zero-order chi connectivity index (χ0) is 17.8. The predicted octanol–water partition coefficient (Wildman–Crippen LogP) is 0.469. The molecule has 2 heterocycles. The SMILES string of the molecule is CCN1C(=O)/C(=C/c2ccc(OC)c(CN3CCSCC3)c2)SC1=S.[Cl-]. The summed E-state index contributed by atoms with van der Waals surface area (Å²) in [7, 11) is 1.71. The maximum absolute atomic E-state index is 12.4. The molecule has 8 heteroatoms. The molecule has 4 nitrogen and oxygen atoms in total. The van der Waals surface area contributed by atoms with Gasteiger partial charge in [0.2, 0.25) is 0 Å². The summed E-state index contributed by atoms with van der Waals surface area (Å²) in [6, 6.07) is 6.10. The highest BCUT2D eigenvalue weighted by molar-refractivity contribution is 8.26. The van der Waals surface area contributed by atoms with Crippen molar-refractivity contribution in [3.63, 3.8) is 0 Å². The van der Waals surface area contributed by atoms with Crippen LogP contribution in [0.4, 0.5) is 0 Å². The topological polar surface area (TPSA) is 32.8 Å². The Bertz CT molecular complexity index is 706. The van der Waals surface area contributed by atoms with Gasteiger partial charge in [0.15, 0.2) is 0 Å². The molecule has 0 N–H and O–H groups in total. The first-order chi connectivity index (χ1) is 12.1. The van der Waals surface area contributed by atoms with Crippen LogP contribution in [-0.2, 0) is 11.3 Å². The molecule has 0 aromatic heterocycles. The molecule has 0 unspecified atom stereocenters. The largest absolute Gasteiger partial charge is 1.00 e. The Morgan fingerprint density at radius 2 is 2.04 bits per heavy atom. The van der Waals surface area contributed by atoms with Gasteiger partial charge in [0.25, 0.3) is 5.91 Å². The molecule has 0 spiro atoms. The van der Waals surface area contributed by atoms with Crippen molar-refractivity contribution in [2.45, 2.75) is 13.5 Å². The van der Waals surface area contributed by atoms with E-state index in [0.29, 0.717) is 15.8 Å². The normalized spacial score (nSPS) is 19.8. The van der Waals surface area contributed by atoms with Gasteiger partial charge in [-0.2, -0.15) is 11.8 Å². The second-order valence-corrected chi connectivity index (χ2v) is 8.79. The number of thioether (sulfide) groups is 2. The van der Waals surface area contributed by atoms with Gasteiger partial charge in [0, 0.05) is 43.2 Å². The Morgan fingerprint density at radius 3 is 2.65 bits per heavy atom. The molecular formula is C18H22ClN2O2S3-. The Balaban J connectivity index is 0.00000243. The summed E-state index contributed by atoms with van der Waals surface area (Å²) in [5.74, 6) is 3.27. The van der Waals surface area contributed by atoms with Gasteiger partial charge in [-0.05, 0) is 30.7 Å². The van der Waals surface area contributed by atoms with Crippen LogP contribution in [0.3, 0.4) is 0 Å². The third kappa shape index (κ3) is 4.95. The summed E-state index contributed by atoms with van der Waals surface area (Å²) in [5.41, 5.74) is 2.17. The number of nitrogens with zero attached hydrogens (tertiary/aromatic N) is 2. The molecule has 2 saturated heterocycles. The molecule has 142 valence electrons. The highest BCUT2D eigenvalue weighted by atomic mass is 35.5. The lowest BCUT2D eigenvalue weighted by atomic mass is 10.1. The minimum atomic E-state index is 0. The maximum atomic E-state index is 12.4. The number of carbonyl (C=O) groups excluding carboxylic acids is 1. The number of halogens is 1. The van der Waals surface area contributed by atoms with Crippen LogP contribution in [0, 0.1) is 0 Å². The first-order valence-electron chi connectivity index (χ1n) is 8.34. The van der Waals surface area contributed by atoms with E-state index in [9.17, 15) is 4.79 Å². The summed E-state index contributed by atoms with van der Waals surface area (Å²) in [4.78, 5) is 17.2. The zero-order valence-corrected chi connectivity index (χ0v) is 18.1. The number of ether oxygens (including phenoxy) is 1. The fraction of sp³-hybridized carbons (Fsp3) is 0.444. The van der Waals surface area contributed by atoms with Crippen molar-refractivity contribution in [2.75, 3.05) is 38.2 Å². The van der Waals surface area contributed by atoms with E-state index < -0.39 is 0 Å². The molecule has 0 atom stereocenters. The highest BCUT2D eigenvalue weighted by Gasteiger charge is 2.30. The minimum Gasteiger partial charge on any atom is -1.00 e. The van der Waals surface area contributed by atoms with E-state index in [0.717, 1.165) is 36.5 Å². The lowest BCUT2D eigenvalue weighted by Gasteiger charge is -2.26. The van der Waals surface area contributed by atoms with Gasteiger partial charge in [-0.25, -0.2) is 0 Å². The summed E-state index contributed by atoms with van der Waals surface area (Å²) >= 11 is 8.67. The number of thiocarbonyl (C=S) groups is 1. The zero-order valence-electron chi connectivity index (χ0n) is 14.9. The van der Waals surface area contributed by atoms with Gasteiger partial charge in [-0.3, -0.25) is 14.6 Å². The van der Waals surface area contributed by atoms with Crippen molar-refractivity contribution < 1.29 is 21.9 Å². The Labute approximate surface area is 175 Å². The summed E-state index contributed by atoms with van der Waals surface area (Å²) < 4.78 is 6.17. The summed E-state index contributed by atoms with van der Waals surface area (Å²) in [5, 5.41) is 0. The number of likely N-dealkylation sites (N-methyl/N-ethyl adjacent to an activating group) is 1. The molecular weight excluding hydrogens is 408 g/mol. The lowest BCUT2D eigenvalue weighted by Crippen LogP contribution is -3.00. The molecule has 0 saturated carbocycles. The average molecular weight is 430 g/mol. The van der Waals surface area contributed by atoms with E-state index in [1.165, 1.54) is 23.3 Å². The molecule has 1 aromatic carbocycles. The van der Waals surface area contributed by atoms with Crippen molar-refractivity contribution in [1.82, 2.24) is 9.80 Å². The van der Waals surface area contributed by atoms with Crippen LogP contribution < -0.4 is 17.1 Å². The van der Waals surface area contributed by atoms with Crippen molar-refractivity contribution >= 4 is 52.0 Å². The lowest BCUT2D eigenvalue weighted by molar-refractivity contribution is -0.121. The van der Waals surface area contributed by atoms with Crippen LogP contribution in [0.15, 0.2) is 23.1 Å². The van der Waals surface area contributed by atoms with Gasteiger partial charge in [-0.15, -0.1) is 0 Å². The third-order valence-electron chi connectivity index (χ3n) is 4.29. The molecule has 0 bridgehead atoms. The van der Waals surface area contributed by atoms with Crippen molar-refractivity contribution in [2.24, 2.45) is 0 Å². The second kappa shape index (κ2) is 9.99. The summed E-state index contributed by atoms with van der Waals surface area (Å²) in [6.45, 7) is 5.64. The van der Waals surface area contributed by atoms with Crippen molar-refractivity contribution in [3.05, 3.63) is 34.2 Å². The number of methoxy groups -OCH3 is 1. The molecule has 1 aromatic rings. The molecule has 2 fully saturated rings. The number of carbonyl (C=O) groups is 1. The van der Waals surface area contributed by atoms with Gasteiger partial charge in [0.1, 0.15) is 10.1 Å². The number of hydrogen-bond donors (Lipinski definition) is 0. The quantitative estimate of drug-likeness (QED) is 0.500. The highest BCUT2D eigenvalue weighted by Crippen LogP contribution is 2.33. The van der Waals surface area contributed by atoms with E-state index in [4.69, 9.17) is 17.0 Å². The standard InChI is InChI=1S/C18H22N2O2S3.ClH/c1-3-20-17(21)16(25-18(20)23)11-13-4-5-15(22-2)14(10-13)12-19-6-8-24-9-7-19;/h4-5,10-11H,3,6-9,12H2,1-2H3;1H/p-1/b16-11-;. The van der Waals surface area contributed by atoms with Crippen LogP contribution in [0.1, 0.15) is 18.1 Å². The summed E-state index contributed by atoms with van der Waals surface area (Å²) in [6.07, 6.45) is 1.93. The number of amides is 1. The minimum absolute atomic E-state index is 0. The van der Waals surface area contributed by atoms with Crippen molar-refractivity contribution in [1.29, 1.82) is 0 Å². The Hall–Kier alpha value is -0.730. The number of rotatable bonds is 5. The fourth-order valence-corrected chi connectivity index (χ4v) is 5.30. The van der Waals surface area contributed by atoms with Gasteiger partial charge in [-0.1, -0.05) is 30.0 Å². The molecule has 0 radical (unpaired) electrons. The van der Waals surface area contributed by atoms with Gasteiger partial charge in [0.05, 0.1) is 12.0 Å². The van der Waals surface area contributed by atoms with Crippen LogP contribution in [0.2, 0.25) is 0 Å².